The van der Waals surface area contributed by atoms with Crippen LogP contribution in [0.1, 0.15) is 41.7 Å². The second-order valence-corrected chi connectivity index (χ2v) is 4.07. The Kier molecular flexibility index (Phi) is 3.51. The molecule has 1 aromatic rings. The second kappa shape index (κ2) is 5.07. The van der Waals surface area contributed by atoms with Gasteiger partial charge in [-0.05, 0) is 30.5 Å². The summed E-state index contributed by atoms with van der Waals surface area (Å²) in [5.41, 5.74) is 0.951. The third kappa shape index (κ3) is 2.79. The Hall–Kier alpha value is -1.42. The number of rotatable bonds is 4. The average molecular weight is 221 g/mol. The largest absolute Gasteiger partial charge is 0.477 e. The summed E-state index contributed by atoms with van der Waals surface area (Å²) in [6.45, 7) is 0.480. The van der Waals surface area contributed by atoms with E-state index < -0.39 is 5.97 Å². The predicted molar refractivity (Wildman–Crippen MR) is 58.2 cm³/mol. The standard InChI is InChI=1S/C12H15NO3/c14-12(15)11-7-9(5-6-13-11)8-16-10-3-1-2-4-10/h5-7,10H,1-4,8H2,(H,14,15). The van der Waals surface area contributed by atoms with Crippen LogP contribution in [0.2, 0.25) is 0 Å². The van der Waals surface area contributed by atoms with Crippen LogP contribution in [0.5, 0.6) is 0 Å². The lowest BCUT2D eigenvalue weighted by Crippen LogP contribution is -2.08. The van der Waals surface area contributed by atoms with Crippen LogP contribution < -0.4 is 0 Å². The topological polar surface area (TPSA) is 59.4 Å². The highest BCUT2D eigenvalue weighted by Gasteiger charge is 2.15. The van der Waals surface area contributed by atoms with E-state index in [9.17, 15) is 4.79 Å². The number of ether oxygens (including phenoxy) is 1. The SMILES string of the molecule is O=C(O)c1cc(COC2CCCC2)ccn1. The van der Waals surface area contributed by atoms with Crippen LogP contribution in [0, 0.1) is 0 Å². The number of hydrogen-bond acceptors (Lipinski definition) is 3. The van der Waals surface area contributed by atoms with Crippen LogP contribution in [-0.2, 0) is 11.3 Å². The van der Waals surface area contributed by atoms with Crippen LogP contribution in [0.3, 0.4) is 0 Å². The van der Waals surface area contributed by atoms with Crippen LogP contribution in [0.25, 0.3) is 0 Å². The van der Waals surface area contributed by atoms with Gasteiger partial charge >= 0.3 is 5.97 Å². The molecule has 86 valence electrons. The van der Waals surface area contributed by atoms with Gasteiger partial charge in [-0.25, -0.2) is 9.78 Å². The van der Waals surface area contributed by atoms with E-state index in [1.807, 2.05) is 0 Å². The molecule has 1 aliphatic rings. The lowest BCUT2D eigenvalue weighted by atomic mass is 10.2. The smallest absolute Gasteiger partial charge is 0.354 e. The van der Waals surface area contributed by atoms with Crippen molar-refractivity contribution in [3.63, 3.8) is 0 Å². The number of aromatic carboxylic acids is 1. The van der Waals surface area contributed by atoms with Gasteiger partial charge in [0.05, 0.1) is 12.7 Å². The number of carboxylic acid groups (broad SMARTS) is 1. The molecule has 16 heavy (non-hydrogen) atoms. The summed E-state index contributed by atoms with van der Waals surface area (Å²) in [4.78, 5) is 14.5. The quantitative estimate of drug-likeness (QED) is 0.847. The molecule has 1 aromatic heterocycles. The molecular weight excluding hydrogens is 206 g/mol. The molecule has 2 rings (SSSR count). The molecule has 4 heteroatoms. The first-order valence-electron chi connectivity index (χ1n) is 5.55. The molecule has 0 atom stereocenters. The lowest BCUT2D eigenvalue weighted by Gasteiger charge is -2.10. The summed E-state index contributed by atoms with van der Waals surface area (Å²) >= 11 is 0. The molecule has 0 radical (unpaired) electrons. The molecular formula is C12H15NO3. The maximum Gasteiger partial charge on any atom is 0.354 e. The fraction of sp³-hybridized carbons (Fsp3) is 0.500. The highest BCUT2D eigenvalue weighted by molar-refractivity contribution is 5.85. The zero-order valence-electron chi connectivity index (χ0n) is 9.06. The zero-order valence-corrected chi connectivity index (χ0v) is 9.06. The summed E-state index contributed by atoms with van der Waals surface area (Å²) in [5, 5.41) is 8.79. The van der Waals surface area contributed by atoms with Gasteiger partial charge in [0.25, 0.3) is 0 Å². The molecule has 1 saturated carbocycles. The predicted octanol–water partition coefficient (Wildman–Crippen LogP) is 2.24. The van der Waals surface area contributed by atoms with Crippen molar-refractivity contribution < 1.29 is 14.6 Å². The number of carbonyl (C=O) groups is 1. The van der Waals surface area contributed by atoms with Gasteiger partial charge in [0.1, 0.15) is 5.69 Å². The Bertz CT molecular complexity index is 372. The molecule has 0 unspecified atom stereocenters. The highest BCUT2D eigenvalue weighted by Crippen LogP contribution is 2.22. The van der Waals surface area contributed by atoms with Crippen molar-refractivity contribution in [2.45, 2.75) is 38.4 Å². The van der Waals surface area contributed by atoms with E-state index >= 15 is 0 Å². The average Bonchev–Trinajstić information content (AvgIpc) is 2.79. The molecule has 0 spiro atoms. The fourth-order valence-corrected chi connectivity index (χ4v) is 1.95. The maximum absolute atomic E-state index is 10.7. The van der Waals surface area contributed by atoms with Crippen molar-refractivity contribution in [1.29, 1.82) is 0 Å². The maximum atomic E-state index is 10.7. The van der Waals surface area contributed by atoms with E-state index in [-0.39, 0.29) is 5.69 Å². The molecule has 0 aliphatic heterocycles. The Balaban J connectivity index is 1.93. The van der Waals surface area contributed by atoms with Gasteiger partial charge in [-0.2, -0.15) is 0 Å². The molecule has 1 aliphatic carbocycles. The first kappa shape index (κ1) is 11.1. The van der Waals surface area contributed by atoms with Crippen molar-refractivity contribution in [2.75, 3.05) is 0 Å². The van der Waals surface area contributed by atoms with Gasteiger partial charge in [-0.15, -0.1) is 0 Å². The second-order valence-electron chi connectivity index (χ2n) is 4.07. The van der Waals surface area contributed by atoms with Crippen molar-refractivity contribution in [1.82, 2.24) is 4.98 Å². The first-order valence-corrected chi connectivity index (χ1v) is 5.55. The number of pyridine rings is 1. The minimum Gasteiger partial charge on any atom is -0.477 e. The molecule has 1 N–H and O–H groups in total. The Morgan fingerprint density at radius 3 is 2.94 bits per heavy atom. The van der Waals surface area contributed by atoms with Gasteiger partial charge in [0.2, 0.25) is 0 Å². The van der Waals surface area contributed by atoms with E-state index in [1.165, 1.54) is 19.0 Å². The van der Waals surface area contributed by atoms with Crippen LogP contribution >= 0.6 is 0 Å². The number of nitrogens with zero attached hydrogens (tertiary/aromatic N) is 1. The van der Waals surface area contributed by atoms with Gasteiger partial charge < -0.3 is 9.84 Å². The Labute approximate surface area is 94.3 Å². The van der Waals surface area contributed by atoms with Gasteiger partial charge in [0.15, 0.2) is 0 Å². The summed E-state index contributed by atoms with van der Waals surface area (Å²) in [6, 6.07) is 3.36. The molecule has 0 bridgehead atoms. The third-order valence-corrected chi connectivity index (χ3v) is 2.83. The minimum absolute atomic E-state index is 0.0764. The van der Waals surface area contributed by atoms with Gasteiger partial charge in [-0.1, -0.05) is 12.8 Å². The molecule has 1 fully saturated rings. The van der Waals surface area contributed by atoms with E-state index in [0.29, 0.717) is 12.7 Å². The van der Waals surface area contributed by atoms with E-state index in [4.69, 9.17) is 9.84 Å². The van der Waals surface area contributed by atoms with E-state index in [2.05, 4.69) is 4.98 Å². The van der Waals surface area contributed by atoms with Crippen molar-refractivity contribution in [3.8, 4) is 0 Å². The third-order valence-electron chi connectivity index (χ3n) is 2.83. The molecule has 0 aromatic carbocycles. The molecule has 0 saturated heterocycles. The summed E-state index contributed by atoms with van der Waals surface area (Å²) in [5.74, 6) is -0.997. The monoisotopic (exact) mass is 221 g/mol. The van der Waals surface area contributed by atoms with Crippen LogP contribution in [0.4, 0.5) is 0 Å². The summed E-state index contributed by atoms with van der Waals surface area (Å²) in [7, 11) is 0. The lowest BCUT2D eigenvalue weighted by molar-refractivity contribution is 0.0455. The van der Waals surface area contributed by atoms with Gasteiger partial charge in [-0.3, -0.25) is 0 Å². The van der Waals surface area contributed by atoms with Crippen molar-refractivity contribution >= 4 is 5.97 Å². The molecule has 1 heterocycles. The Morgan fingerprint density at radius 2 is 2.25 bits per heavy atom. The molecule has 4 nitrogen and oxygen atoms in total. The fourth-order valence-electron chi connectivity index (χ4n) is 1.95. The van der Waals surface area contributed by atoms with Crippen molar-refractivity contribution in [2.24, 2.45) is 0 Å². The van der Waals surface area contributed by atoms with Crippen molar-refractivity contribution in [3.05, 3.63) is 29.6 Å². The number of aromatic nitrogens is 1. The van der Waals surface area contributed by atoms with Crippen LogP contribution in [0.15, 0.2) is 18.3 Å². The summed E-state index contributed by atoms with van der Waals surface area (Å²) < 4.78 is 5.70. The normalized spacial score (nSPS) is 16.5. The van der Waals surface area contributed by atoms with Crippen LogP contribution in [-0.4, -0.2) is 22.2 Å². The number of carboxylic acids is 1. The van der Waals surface area contributed by atoms with E-state index in [1.54, 1.807) is 12.1 Å². The van der Waals surface area contributed by atoms with E-state index in [0.717, 1.165) is 18.4 Å². The van der Waals surface area contributed by atoms with Gasteiger partial charge in [0, 0.05) is 6.20 Å². The summed E-state index contributed by atoms with van der Waals surface area (Å²) in [6.07, 6.45) is 6.58. The first-order chi connectivity index (χ1) is 7.75. The minimum atomic E-state index is -0.997. The Morgan fingerprint density at radius 1 is 1.50 bits per heavy atom. The highest BCUT2D eigenvalue weighted by atomic mass is 16.5. The molecule has 0 amide bonds. The number of hydrogen-bond donors (Lipinski definition) is 1. The zero-order chi connectivity index (χ0) is 11.4.